The van der Waals surface area contributed by atoms with Gasteiger partial charge in [-0.15, -0.1) is 11.3 Å². The lowest BCUT2D eigenvalue weighted by molar-refractivity contribution is -0.115. The summed E-state index contributed by atoms with van der Waals surface area (Å²) < 4.78 is 0. The molecular formula is C21H22N6O2S. The van der Waals surface area contributed by atoms with Crippen LogP contribution in [0.1, 0.15) is 17.7 Å². The average Bonchev–Trinajstić information content (AvgIpc) is 3.42. The van der Waals surface area contributed by atoms with Gasteiger partial charge in [0.1, 0.15) is 0 Å². The van der Waals surface area contributed by atoms with E-state index in [0.717, 1.165) is 23.7 Å². The molecule has 0 bridgehead atoms. The van der Waals surface area contributed by atoms with Gasteiger partial charge in [-0.25, -0.2) is 9.78 Å². The van der Waals surface area contributed by atoms with Crippen LogP contribution in [-0.4, -0.2) is 35.0 Å². The topological polar surface area (TPSA) is 99.2 Å². The molecule has 2 aromatic heterocycles. The van der Waals surface area contributed by atoms with Gasteiger partial charge in [-0.3, -0.25) is 15.1 Å². The molecule has 1 aromatic carbocycles. The van der Waals surface area contributed by atoms with Gasteiger partial charge in [0.25, 0.3) is 0 Å². The third-order valence-electron chi connectivity index (χ3n) is 4.65. The molecule has 154 valence electrons. The SMILES string of the molecule is O=C(Cc1cnc(NC(=O)Nc2cccnc2)s1)Nc1ccc(N2CCCC2)cc1. The minimum absolute atomic E-state index is 0.126. The fraction of sp³-hybridized carbons (Fsp3) is 0.238. The molecular weight excluding hydrogens is 400 g/mol. The number of hydrogen-bond acceptors (Lipinski definition) is 6. The Hall–Kier alpha value is -3.46. The van der Waals surface area contributed by atoms with Crippen molar-refractivity contribution in [3.63, 3.8) is 0 Å². The van der Waals surface area contributed by atoms with Crippen molar-refractivity contribution in [2.45, 2.75) is 19.3 Å². The monoisotopic (exact) mass is 422 g/mol. The number of amides is 3. The van der Waals surface area contributed by atoms with Gasteiger partial charge in [-0.2, -0.15) is 0 Å². The first kappa shape index (κ1) is 19.8. The zero-order valence-electron chi connectivity index (χ0n) is 16.3. The van der Waals surface area contributed by atoms with E-state index in [0.29, 0.717) is 10.8 Å². The third-order valence-corrected chi connectivity index (χ3v) is 5.56. The van der Waals surface area contributed by atoms with Crippen molar-refractivity contribution in [3.8, 4) is 0 Å². The molecule has 30 heavy (non-hydrogen) atoms. The van der Waals surface area contributed by atoms with E-state index in [1.807, 2.05) is 24.3 Å². The molecule has 3 amide bonds. The largest absolute Gasteiger partial charge is 0.372 e. The van der Waals surface area contributed by atoms with E-state index in [1.54, 1.807) is 30.7 Å². The molecule has 0 aliphatic carbocycles. The molecule has 1 saturated heterocycles. The highest BCUT2D eigenvalue weighted by atomic mass is 32.1. The van der Waals surface area contributed by atoms with Crippen LogP contribution in [0.25, 0.3) is 0 Å². The van der Waals surface area contributed by atoms with Crippen LogP contribution in [0.3, 0.4) is 0 Å². The minimum atomic E-state index is -0.411. The predicted octanol–water partition coefficient (Wildman–Crippen LogP) is 3.96. The minimum Gasteiger partial charge on any atom is -0.372 e. The lowest BCUT2D eigenvalue weighted by atomic mass is 10.2. The highest BCUT2D eigenvalue weighted by Gasteiger charge is 2.13. The number of rotatable bonds is 6. The second kappa shape index (κ2) is 9.36. The van der Waals surface area contributed by atoms with Gasteiger partial charge in [0.05, 0.1) is 18.3 Å². The first-order chi connectivity index (χ1) is 14.7. The van der Waals surface area contributed by atoms with Crippen LogP contribution >= 0.6 is 11.3 Å². The highest BCUT2D eigenvalue weighted by molar-refractivity contribution is 7.15. The molecule has 1 fully saturated rings. The van der Waals surface area contributed by atoms with Crippen LogP contribution in [0.5, 0.6) is 0 Å². The quantitative estimate of drug-likeness (QED) is 0.558. The Labute approximate surface area is 178 Å². The summed E-state index contributed by atoms with van der Waals surface area (Å²) in [5.41, 5.74) is 2.54. The van der Waals surface area contributed by atoms with E-state index in [1.165, 1.54) is 29.9 Å². The van der Waals surface area contributed by atoms with Gasteiger partial charge in [0.15, 0.2) is 5.13 Å². The highest BCUT2D eigenvalue weighted by Crippen LogP contribution is 2.23. The van der Waals surface area contributed by atoms with E-state index in [2.05, 4.69) is 30.8 Å². The lowest BCUT2D eigenvalue weighted by Crippen LogP contribution is -2.19. The van der Waals surface area contributed by atoms with E-state index in [4.69, 9.17) is 0 Å². The zero-order valence-corrected chi connectivity index (χ0v) is 17.1. The third kappa shape index (κ3) is 5.32. The van der Waals surface area contributed by atoms with Crippen molar-refractivity contribution >= 4 is 45.5 Å². The Morgan fingerprint density at radius 2 is 1.77 bits per heavy atom. The zero-order chi connectivity index (χ0) is 20.8. The van der Waals surface area contributed by atoms with Crippen molar-refractivity contribution < 1.29 is 9.59 Å². The summed E-state index contributed by atoms with van der Waals surface area (Å²) in [7, 11) is 0. The van der Waals surface area contributed by atoms with Gasteiger partial charge in [0, 0.05) is 41.7 Å². The number of nitrogens with one attached hydrogen (secondary N) is 3. The number of thiazole rings is 1. The van der Waals surface area contributed by atoms with Crippen molar-refractivity contribution in [3.05, 3.63) is 59.9 Å². The average molecular weight is 423 g/mol. The van der Waals surface area contributed by atoms with E-state index in [-0.39, 0.29) is 12.3 Å². The fourth-order valence-corrected chi connectivity index (χ4v) is 4.04. The Bertz CT molecular complexity index is 1000. The first-order valence-electron chi connectivity index (χ1n) is 9.73. The number of anilines is 4. The Morgan fingerprint density at radius 3 is 2.50 bits per heavy atom. The number of urea groups is 1. The van der Waals surface area contributed by atoms with Gasteiger partial charge < -0.3 is 15.5 Å². The van der Waals surface area contributed by atoms with Crippen LogP contribution in [-0.2, 0) is 11.2 Å². The fourth-order valence-electron chi connectivity index (χ4n) is 3.24. The Kier molecular flexibility index (Phi) is 6.19. The van der Waals surface area contributed by atoms with Crippen LogP contribution in [0, 0.1) is 0 Å². The maximum Gasteiger partial charge on any atom is 0.325 e. The molecule has 8 nitrogen and oxygen atoms in total. The molecule has 3 N–H and O–H groups in total. The van der Waals surface area contributed by atoms with Crippen LogP contribution in [0.2, 0.25) is 0 Å². The molecule has 9 heteroatoms. The number of benzene rings is 1. The second-order valence-corrected chi connectivity index (χ2v) is 8.03. The van der Waals surface area contributed by atoms with Crippen molar-refractivity contribution in [2.75, 3.05) is 33.9 Å². The van der Waals surface area contributed by atoms with Crippen LogP contribution < -0.4 is 20.9 Å². The van der Waals surface area contributed by atoms with Crippen molar-refractivity contribution in [2.24, 2.45) is 0 Å². The number of carbonyl (C=O) groups is 2. The molecule has 4 rings (SSSR count). The normalized spacial score (nSPS) is 13.1. The summed E-state index contributed by atoms with van der Waals surface area (Å²) in [6.45, 7) is 2.18. The maximum atomic E-state index is 12.3. The molecule has 3 heterocycles. The van der Waals surface area contributed by atoms with Crippen molar-refractivity contribution in [1.29, 1.82) is 0 Å². The van der Waals surface area contributed by atoms with Gasteiger partial charge in [-0.05, 0) is 49.2 Å². The molecule has 3 aromatic rings. The first-order valence-corrected chi connectivity index (χ1v) is 10.5. The molecule has 0 atom stereocenters. The summed E-state index contributed by atoms with van der Waals surface area (Å²) >= 11 is 1.26. The molecule has 1 aliphatic rings. The summed E-state index contributed by atoms with van der Waals surface area (Å²) in [6, 6.07) is 11.0. The molecule has 0 unspecified atom stereocenters. The number of nitrogens with zero attached hydrogens (tertiary/aromatic N) is 3. The van der Waals surface area contributed by atoms with Gasteiger partial charge >= 0.3 is 6.03 Å². The molecule has 0 spiro atoms. The number of carbonyl (C=O) groups excluding carboxylic acids is 2. The Morgan fingerprint density at radius 1 is 0.967 bits per heavy atom. The number of aromatic nitrogens is 2. The smallest absolute Gasteiger partial charge is 0.325 e. The van der Waals surface area contributed by atoms with Crippen LogP contribution in [0.15, 0.2) is 55.0 Å². The van der Waals surface area contributed by atoms with E-state index >= 15 is 0 Å². The van der Waals surface area contributed by atoms with E-state index in [9.17, 15) is 9.59 Å². The number of pyridine rings is 1. The second-order valence-electron chi connectivity index (χ2n) is 6.92. The lowest BCUT2D eigenvalue weighted by Gasteiger charge is -2.17. The standard InChI is InChI=1S/C21H22N6O2S/c28-19(24-15-5-7-17(8-6-15)27-10-1-2-11-27)12-18-14-23-21(30-18)26-20(29)25-16-4-3-9-22-13-16/h3-9,13-14H,1-2,10-12H2,(H,24,28)(H2,23,25,26,29). The predicted molar refractivity (Wildman–Crippen MR) is 119 cm³/mol. The van der Waals surface area contributed by atoms with E-state index < -0.39 is 6.03 Å². The summed E-state index contributed by atoms with van der Waals surface area (Å²) in [6.07, 6.45) is 7.43. The molecule has 0 saturated carbocycles. The Balaban J connectivity index is 1.26. The van der Waals surface area contributed by atoms with Gasteiger partial charge in [0.2, 0.25) is 5.91 Å². The molecule has 0 radical (unpaired) electrons. The number of hydrogen-bond donors (Lipinski definition) is 3. The summed E-state index contributed by atoms with van der Waals surface area (Å²) in [4.78, 5) is 35.6. The summed E-state index contributed by atoms with van der Waals surface area (Å²) in [5, 5.41) is 8.66. The maximum absolute atomic E-state index is 12.3. The summed E-state index contributed by atoms with van der Waals surface area (Å²) in [5.74, 6) is -0.126. The van der Waals surface area contributed by atoms with Crippen molar-refractivity contribution in [1.82, 2.24) is 9.97 Å². The van der Waals surface area contributed by atoms with Gasteiger partial charge in [-0.1, -0.05) is 0 Å². The molecule has 1 aliphatic heterocycles. The van der Waals surface area contributed by atoms with Crippen LogP contribution in [0.4, 0.5) is 27.0 Å².